The lowest BCUT2D eigenvalue weighted by molar-refractivity contribution is -0.115. The Labute approximate surface area is 53.6 Å². The first-order valence-corrected chi connectivity index (χ1v) is 2.17. The molecule has 0 radical (unpaired) electrons. The van der Waals surface area contributed by atoms with Crippen LogP contribution in [0, 0.1) is 0 Å². The maximum absolute atomic E-state index is 9.43. The molecule has 5 nitrogen and oxygen atoms in total. The summed E-state index contributed by atoms with van der Waals surface area (Å²) < 4.78 is 0. The van der Waals surface area contributed by atoms with E-state index in [9.17, 15) is 4.79 Å². The lowest BCUT2D eigenvalue weighted by atomic mass is 11.0. The van der Waals surface area contributed by atoms with E-state index in [0.717, 1.165) is 6.41 Å². The molecule has 3 amide bonds. The van der Waals surface area contributed by atoms with Gasteiger partial charge in [0.25, 0.3) is 0 Å². The Hall–Kier alpha value is -1.26. The van der Waals surface area contributed by atoms with Crippen molar-refractivity contribution >= 4 is 12.4 Å². The molecule has 4 N–H and O–H groups in total. The van der Waals surface area contributed by atoms with Crippen molar-refractivity contribution in [2.75, 3.05) is 14.1 Å². The van der Waals surface area contributed by atoms with E-state index in [1.165, 1.54) is 4.90 Å². The third-order valence-corrected chi connectivity index (χ3v) is 0.211. The molecule has 0 aromatic heterocycles. The van der Waals surface area contributed by atoms with Gasteiger partial charge in [-0.25, -0.2) is 4.79 Å². The zero-order valence-electron chi connectivity index (χ0n) is 5.50. The minimum Gasteiger partial charge on any atom is -0.352 e. The van der Waals surface area contributed by atoms with Crippen molar-refractivity contribution in [3.63, 3.8) is 0 Å². The van der Waals surface area contributed by atoms with Crippen LogP contribution < -0.4 is 11.5 Å². The standard InChI is InChI=1S/C3H7NO.CH4N2O/c1-4(2)3-5;2-1(3)4/h3H,1-2H3;(H4,2,3,4). The second-order valence-corrected chi connectivity index (χ2v) is 1.47. The Morgan fingerprint density at radius 1 is 1.44 bits per heavy atom. The van der Waals surface area contributed by atoms with Crippen LogP contribution in [-0.2, 0) is 4.79 Å². The smallest absolute Gasteiger partial charge is 0.309 e. The second kappa shape index (κ2) is 6.74. The number of carbonyl (C=O) groups is 2. The first kappa shape index (κ1) is 10.7. The van der Waals surface area contributed by atoms with Gasteiger partial charge < -0.3 is 16.4 Å². The SMILES string of the molecule is CN(C)C=O.NC(N)=O. The number of primary amides is 2. The van der Waals surface area contributed by atoms with Gasteiger partial charge in [-0.15, -0.1) is 0 Å². The van der Waals surface area contributed by atoms with Crippen molar-refractivity contribution in [3.05, 3.63) is 0 Å². The van der Waals surface area contributed by atoms with E-state index in [0.29, 0.717) is 0 Å². The van der Waals surface area contributed by atoms with Crippen LogP contribution in [0.2, 0.25) is 0 Å². The number of amides is 3. The fourth-order valence-electron chi connectivity index (χ4n) is 0. The first-order valence-electron chi connectivity index (χ1n) is 2.17. The highest BCUT2D eigenvalue weighted by Gasteiger charge is 1.68. The summed E-state index contributed by atoms with van der Waals surface area (Å²) in [5, 5.41) is 0. The molecular weight excluding hydrogens is 122 g/mol. The van der Waals surface area contributed by atoms with Gasteiger partial charge in [-0.3, -0.25) is 4.79 Å². The van der Waals surface area contributed by atoms with Gasteiger partial charge in [0, 0.05) is 14.1 Å². The molecule has 0 unspecified atom stereocenters. The highest BCUT2D eigenvalue weighted by atomic mass is 16.2. The molecule has 0 aliphatic heterocycles. The molecule has 54 valence electrons. The van der Waals surface area contributed by atoms with Gasteiger partial charge in [0.2, 0.25) is 6.41 Å². The van der Waals surface area contributed by atoms with E-state index >= 15 is 0 Å². The van der Waals surface area contributed by atoms with Crippen LogP contribution in [0.25, 0.3) is 0 Å². The molecule has 0 saturated carbocycles. The molecule has 0 fully saturated rings. The number of carbonyl (C=O) groups excluding carboxylic acids is 2. The number of rotatable bonds is 1. The molecule has 0 spiro atoms. The van der Waals surface area contributed by atoms with Crippen LogP contribution >= 0.6 is 0 Å². The summed E-state index contributed by atoms with van der Waals surface area (Å²) >= 11 is 0. The molecule has 0 atom stereocenters. The predicted octanol–water partition coefficient (Wildman–Crippen LogP) is -1.27. The highest BCUT2D eigenvalue weighted by Crippen LogP contribution is 1.52. The van der Waals surface area contributed by atoms with Crippen molar-refractivity contribution in [3.8, 4) is 0 Å². The van der Waals surface area contributed by atoms with Crippen molar-refractivity contribution < 1.29 is 9.59 Å². The first-order chi connectivity index (χ1) is 4.00. The molecule has 0 saturated heterocycles. The summed E-state index contributed by atoms with van der Waals surface area (Å²) in [4.78, 5) is 19.9. The fourth-order valence-corrected chi connectivity index (χ4v) is 0. The minimum atomic E-state index is -0.833. The summed E-state index contributed by atoms with van der Waals surface area (Å²) in [6.45, 7) is 0. The number of nitrogens with zero attached hydrogens (tertiary/aromatic N) is 1. The number of hydrogen-bond donors (Lipinski definition) is 2. The lowest BCUT2D eigenvalue weighted by Crippen LogP contribution is -2.18. The number of nitrogens with two attached hydrogens (primary N) is 2. The third kappa shape index (κ3) is 277. The van der Waals surface area contributed by atoms with Gasteiger partial charge in [-0.05, 0) is 0 Å². The molecule has 0 heterocycles. The maximum atomic E-state index is 9.43. The Morgan fingerprint density at radius 3 is 1.56 bits per heavy atom. The van der Waals surface area contributed by atoms with Crippen LogP contribution in [0.1, 0.15) is 0 Å². The molecule has 5 heteroatoms. The summed E-state index contributed by atoms with van der Waals surface area (Å²) in [6, 6.07) is -0.833. The molecule has 0 aliphatic carbocycles. The summed E-state index contributed by atoms with van der Waals surface area (Å²) in [5.74, 6) is 0. The van der Waals surface area contributed by atoms with Crippen molar-refractivity contribution in [2.24, 2.45) is 11.5 Å². The lowest BCUT2D eigenvalue weighted by Gasteiger charge is -1.93. The summed E-state index contributed by atoms with van der Waals surface area (Å²) in [6.07, 6.45) is 0.750. The molecule has 0 aliphatic rings. The molecule has 0 bridgehead atoms. The van der Waals surface area contributed by atoms with Gasteiger partial charge >= 0.3 is 6.03 Å². The Kier molecular flexibility index (Phi) is 7.99. The van der Waals surface area contributed by atoms with Crippen molar-refractivity contribution in [2.45, 2.75) is 0 Å². The van der Waals surface area contributed by atoms with Gasteiger partial charge in [0.15, 0.2) is 0 Å². The van der Waals surface area contributed by atoms with Crippen LogP contribution in [-0.4, -0.2) is 31.4 Å². The second-order valence-electron chi connectivity index (χ2n) is 1.47. The molecule has 0 aromatic rings. The molecule has 0 rings (SSSR count). The zero-order valence-corrected chi connectivity index (χ0v) is 5.50. The average molecular weight is 133 g/mol. The molecule has 0 aromatic carbocycles. The Balaban J connectivity index is 0. The predicted molar refractivity (Wildman–Crippen MR) is 33.5 cm³/mol. The van der Waals surface area contributed by atoms with E-state index in [1.54, 1.807) is 14.1 Å². The molecule has 9 heavy (non-hydrogen) atoms. The van der Waals surface area contributed by atoms with Gasteiger partial charge in [-0.1, -0.05) is 0 Å². The van der Waals surface area contributed by atoms with E-state index in [4.69, 9.17) is 4.79 Å². The Bertz CT molecular complexity index is 87.8. The van der Waals surface area contributed by atoms with Gasteiger partial charge in [0.1, 0.15) is 0 Å². The van der Waals surface area contributed by atoms with Crippen LogP contribution in [0.3, 0.4) is 0 Å². The summed E-state index contributed by atoms with van der Waals surface area (Å²) in [7, 11) is 3.38. The Morgan fingerprint density at radius 2 is 1.56 bits per heavy atom. The summed E-state index contributed by atoms with van der Waals surface area (Å²) in [5.41, 5.74) is 8.50. The van der Waals surface area contributed by atoms with Crippen LogP contribution in [0.15, 0.2) is 0 Å². The topological polar surface area (TPSA) is 89.4 Å². The average Bonchev–Trinajstić information content (AvgIpc) is 1.65. The highest BCUT2D eigenvalue weighted by molar-refractivity contribution is 5.69. The van der Waals surface area contributed by atoms with Crippen LogP contribution in [0.5, 0.6) is 0 Å². The van der Waals surface area contributed by atoms with Crippen molar-refractivity contribution in [1.82, 2.24) is 4.90 Å². The maximum Gasteiger partial charge on any atom is 0.309 e. The van der Waals surface area contributed by atoms with Gasteiger partial charge in [-0.2, -0.15) is 0 Å². The van der Waals surface area contributed by atoms with Gasteiger partial charge in [0.05, 0.1) is 0 Å². The van der Waals surface area contributed by atoms with E-state index in [1.807, 2.05) is 0 Å². The third-order valence-electron chi connectivity index (χ3n) is 0.211. The minimum absolute atomic E-state index is 0.750. The quantitative estimate of drug-likeness (QED) is 0.436. The zero-order chi connectivity index (χ0) is 7.86. The fraction of sp³-hybridized carbons (Fsp3) is 0.500. The molecular formula is C4H11N3O2. The van der Waals surface area contributed by atoms with Crippen LogP contribution in [0.4, 0.5) is 4.79 Å². The largest absolute Gasteiger partial charge is 0.352 e. The number of hydrogen-bond acceptors (Lipinski definition) is 2. The normalized spacial score (nSPS) is 6.44. The number of urea groups is 1. The van der Waals surface area contributed by atoms with E-state index in [2.05, 4.69) is 11.5 Å². The monoisotopic (exact) mass is 133 g/mol. The van der Waals surface area contributed by atoms with E-state index < -0.39 is 6.03 Å². The van der Waals surface area contributed by atoms with Crippen molar-refractivity contribution in [1.29, 1.82) is 0 Å². The van der Waals surface area contributed by atoms with E-state index in [-0.39, 0.29) is 0 Å².